The lowest BCUT2D eigenvalue weighted by Crippen LogP contribution is -2.21. The molecule has 1 heterocycles. The molecule has 1 aromatic heterocycles. The van der Waals surface area contributed by atoms with Gasteiger partial charge in [-0.05, 0) is 27.3 Å². The van der Waals surface area contributed by atoms with Crippen molar-refractivity contribution in [2.24, 2.45) is 0 Å². The molecule has 0 aliphatic carbocycles. The minimum atomic E-state index is 0.585. The summed E-state index contributed by atoms with van der Waals surface area (Å²) in [7, 11) is 1.99. The molecule has 0 aliphatic heterocycles. The fourth-order valence-corrected chi connectivity index (χ4v) is 2.81. The molecule has 1 rings (SSSR count). The minimum Gasteiger partial charge on any atom is -0.317 e. The number of nitrogens with one attached hydrogen (secondary N) is 1. The molecule has 0 amide bonds. The second-order valence-corrected chi connectivity index (χ2v) is 5.44. The van der Waals surface area contributed by atoms with Crippen LogP contribution in [-0.2, 0) is 0 Å². The largest absolute Gasteiger partial charge is 0.317 e. The second-order valence-electron chi connectivity index (χ2n) is 2.91. The summed E-state index contributed by atoms with van der Waals surface area (Å²) in [5, 5.41) is 12.3. The van der Waals surface area contributed by atoms with Crippen molar-refractivity contribution in [2.45, 2.75) is 30.6 Å². The van der Waals surface area contributed by atoms with E-state index in [1.165, 1.54) is 6.42 Å². The highest BCUT2D eigenvalue weighted by Crippen LogP contribution is 2.22. The molecular formula is C8H15N3S2. The summed E-state index contributed by atoms with van der Waals surface area (Å²) in [6.45, 7) is 4.17. The molecule has 0 bridgehead atoms. The fourth-order valence-electron chi connectivity index (χ4n) is 0.804. The molecule has 0 aromatic carbocycles. The summed E-state index contributed by atoms with van der Waals surface area (Å²) in [6, 6.07) is 0.585. The van der Waals surface area contributed by atoms with Crippen LogP contribution in [0, 0.1) is 6.92 Å². The maximum absolute atomic E-state index is 4.05. The summed E-state index contributed by atoms with van der Waals surface area (Å²) in [6.07, 6.45) is 1.17. The first kappa shape index (κ1) is 10.9. The van der Waals surface area contributed by atoms with E-state index in [9.17, 15) is 0 Å². The normalized spacial score (nSPS) is 13.2. The van der Waals surface area contributed by atoms with Crippen molar-refractivity contribution in [1.82, 2.24) is 15.5 Å². The molecule has 0 fully saturated rings. The van der Waals surface area contributed by atoms with E-state index in [4.69, 9.17) is 0 Å². The lowest BCUT2D eigenvalue weighted by molar-refractivity contribution is 0.597. The van der Waals surface area contributed by atoms with Crippen LogP contribution in [0.4, 0.5) is 0 Å². The molecule has 1 atom stereocenters. The van der Waals surface area contributed by atoms with Crippen molar-refractivity contribution in [3.8, 4) is 0 Å². The molecule has 1 N–H and O–H groups in total. The number of rotatable bonds is 5. The number of aromatic nitrogens is 2. The molecule has 1 unspecified atom stereocenters. The van der Waals surface area contributed by atoms with Gasteiger partial charge in [-0.25, -0.2) is 0 Å². The predicted molar refractivity (Wildman–Crippen MR) is 58.5 cm³/mol. The average molecular weight is 217 g/mol. The lowest BCUT2D eigenvalue weighted by Gasteiger charge is -2.07. The van der Waals surface area contributed by atoms with Crippen LogP contribution in [-0.4, -0.2) is 29.0 Å². The van der Waals surface area contributed by atoms with Gasteiger partial charge in [-0.15, -0.1) is 10.2 Å². The Kier molecular flexibility index (Phi) is 4.69. The average Bonchev–Trinajstić information content (AvgIpc) is 2.51. The molecule has 0 radical (unpaired) electrons. The van der Waals surface area contributed by atoms with Gasteiger partial charge in [-0.2, -0.15) is 0 Å². The van der Waals surface area contributed by atoms with E-state index in [2.05, 4.69) is 22.4 Å². The first-order valence-electron chi connectivity index (χ1n) is 4.32. The van der Waals surface area contributed by atoms with Gasteiger partial charge in [0.15, 0.2) is 4.34 Å². The molecule has 0 saturated heterocycles. The highest BCUT2D eigenvalue weighted by Gasteiger charge is 2.02. The van der Waals surface area contributed by atoms with E-state index >= 15 is 0 Å². The summed E-state index contributed by atoms with van der Waals surface area (Å²) < 4.78 is 1.08. The molecule has 0 saturated carbocycles. The van der Waals surface area contributed by atoms with Gasteiger partial charge in [0.05, 0.1) is 0 Å². The van der Waals surface area contributed by atoms with Crippen LogP contribution in [0.5, 0.6) is 0 Å². The Morgan fingerprint density at radius 1 is 1.54 bits per heavy atom. The van der Waals surface area contributed by atoms with Crippen LogP contribution in [0.2, 0.25) is 0 Å². The van der Waals surface area contributed by atoms with Gasteiger partial charge in [0, 0.05) is 11.8 Å². The molecular weight excluding hydrogens is 202 g/mol. The Bertz CT molecular complexity index is 249. The van der Waals surface area contributed by atoms with Crippen LogP contribution in [0.1, 0.15) is 18.4 Å². The van der Waals surface area contributed by atoms with Crippen molar-refractivity contribution in [3.05, 3.63) is 5.01 Å². The number of thioether (sulfide) groups is 1. The number of aryl methyl sites for hydroxylation is 1. The smallest absolute Gasteiger partial charge is 0.174 e. The fraction of sp³-hybridized carbons (Fsp3) is 0.750. The summed E-state index contributed by atoms with van der Waals surface area (Å²) in [5.74, 6) is 1.11. The van der Waals surface area contributed by atoms with Crippen molar-refractivity contribution < 1.29 is 0 Å². The molecule has 5 heteroatoms. The van der Waals surface area contributed by atoms with E-state index in [1.807, 2.05) is 14.0 Å². The monoisotopic (exact) mass is 217 g/mol. The van der Waals surface area contributed by atoms with Gasteiger partial charge in [0.1, 0.15) is 5.01 Å². The van der Waals surface area contributed by atoms with Gasteiger partial charge in [-0.3, -0.25) is 0 Å². The van der Waals surface area contributed by atoms with E-state index in [1.54, 1.807) is 23.1 Å². The highest BCUT2D eigenvalue weighted by molar-refractivity contribution is 8.01. The Hall–Kier alpha value is -0.130. The third-order valence-corrected chi connectivity index (χ3v) is 3.78. The van der Waals surface area contributed by atoms with Crippen molar-refractivity contribution >= 4 is 23.1 Å². The topological polar surface area (TPSA) is 37.8 Å². The van der Waals surface area contributed by atoms with Gasteiger partial charge < -0.3 is 5.32 Å². The summed E-state index contributed by atoms with van der Waals surface area (Å²) >= 11 is 3.46. The van der Waals surface area contributed by atoms with Crippen LogP contribution in [0.15, 0.2) is 4.34 Å². The zero-order chi connectivity index (χ0) is 9.68. The lowest BCUT2D eigenvalue weighted by atomic mass is 10.3. The number of hydrogen-bond donors (Lipinski definition) is 1. The Balaban J connectivity index is 2.20. The molecule has 13 heavy (non-hydrogen) atoms. The molecule has 74 valence electrons. The van der Waals surface area contributed by atoms with Crippen LogP contribution in [0.3, 0.4) is 0 Å². The van der Waals surface area contributed by atoms with E-state index in [0.29, 0.717) is 6.04 Å². The van der Waals surface area contributed by atoms with E-state index in [0.717, 1.165) is 15.1 Å². The standard InChI is InChI=1S/C8H15N3S2/c1-6(9-3)4-5-12-8-11-10-7(2)13-8/h6,9H,4-5H2,1-3H3. The summed E-state index contributed by atoms with van der Waals surface area (Å²) in [4.78, 5) is 0. The van der Waals surface area contributed by atoms with Gasteiger partial charge >= 0.3 is 0 Å². The van der Waals surface area contributed by atoms with Crippen LogP contribution >= 0.6 is 23.1 Å². The molecule has 0 spiro atoms. The van der Waals surface area contributed by atoms with Gasteiger partial charge in [0.2, 0.25) is 0 Å². The third kappa shape index (κ3) is 4.06. The first-order valence-corrected chi connectivity index (χ1v) is 6.12. The zero-order valence-corrected chi connectivity index (χ0v) is 9.84. The van der Waals surface area contributed by atoms with Crippen LogP contribution < -0.4 is 5.32 Å². The SMILES string of the molecule is CNC(C)CCSc1nnc(C)s1. The first-order chi connectivity index (χ1) is 6.22. The maximum atomic E-state index is 4.05. The van der Waals surface area contributed by atoms with Crippen molar-refractivity contribution in [3.63, 3.8) is 0 Å². The number of nitrogens with zero attached hydrogens (tertiary/aromatic N) is 2. The van der Waals surface area contributed by atoms with E-state index < -0.39 is 0 Å². The maximum Gasteiger partial charge on any atom is 0.174 e. The third-order valence-electron chi connectivity index (χ3n) is 1.78. The van der Waals surface area contributed by atoms with Crippen molar-refractivity contribution in [2.75, 3.05) is 12.8 Å². The minimum absolute atomic E-state index is 0.585. The molecule has 1 aromatic rings. The highest BCUT2D eigenvalue weighted by atomic mass is 32.2. The van der Waals surface area contributed by atoms with Crippen molar-refractivity contribution in [1.29, 1.82) is 0 Å². The Morgan fingerprint density at radius 2 is 2.31 bits per heavy atom. The Morgan fingerprint density at radius 3 is 2.85 bits per heavy atom. The molecule has 3 nitrogen and oxygen atoms in total. The van der Waals surface area contributed by atoms with E-state index in [-0.39, 0.29) is 0 Å². The Labute approximate surface area is 87.3 Å². The zero-order valence-electron chi connectivity index (χ0n) is 8.20. The summed E-state index contributed by atoms with van der Waals surface area (Å²) in [5.41, 5.74) is 0. The number of hydrogen-bond acceptors (Lipinski definition) is 5. The quantitative estimate of drug-likeness (QED) is 0.765. The second kappa shape index (κ2) is 5.57. The van der Waals surface area contributed by atoms with Gasteiger partial charge in [0.25, 0.3) is 0 Å². The molecule has 0 aliphatic rings. The predicted octanol–water partition coefficient (Wildman–Crippen LogP) is 1.94. The van der Waals surface area contributed by atoms with Gasteiger partial charge in [-0.1, -0.05) is 23.1 Å². The van der Waals surface area contributed by atoms with Crippen LogP contribution in [0.25, 0.3) is 0 Å².